The predicted octanol–water partition coefficient (Wildman–Crippen LogP) is 3.65. The number of H-pyrrole nitrogens is 1. The number of hydrogen-bond acceptors (Lipinski definition) is 0. The summed E-state index contributed by atoms with van der Waals surface area (Å²) in [5, 5.41) is 1.18. The summed E-state index contributed by atoms with van der Waals surface area (Å²) in [6.07, 6.45) is 7.26. The summed E-state index contributed by atoms with van der Waals surface area (Å²) < 4.78 is 13.0. The third-order valence-corrected chi connectivity index (χ3v) is 3.46. The number of aromatic amines is 1. The SMILES string of the molecule is Fc1ccc2c(CC3CCC3)c[nH]c2c1. The molecule has 0 spiro atoms. The molecule has 1 N–H and O–H groups in total. The standard InChI is InChI=1S/C13H14FN/c14-11-4-5-12-10(6-9-2-1-3-9)8-15-13(12)7-11/h4-5,7-9,15H,1-3,6H2. The Hall–Kier alpha value is -1.31. The van der Waals surface area contributed by atoms with Crippen LogP contribution in [0.25, 0.3) is 10.9 Å². The van der Waals surface area contributed by atoms with E-state index in [0.717, 1.165) is 17.9 Å². The fraction of sp³-hybridized carbons (Fsp3) is 0.385. The number of aromatic nitrogens is 1. The molecule has 1 fully saturated rings. The van der Waals surface area contributed by atoms with E-state index in [2.05, 4.69) is 4.98 Å². The largest absolute Gasteiger partial charge is 0.361 e. The van der Waals surface area contributed by atoms with Crippen molar-refractivity contribution >= 4 is 10.9 Å². The highest BCUT2D eigenvalue weighted by molar-refractivity contribution is 5.83. The number of benzene rings is 1. The van der Waals surface area contributed by atoms with E-state index in [1.165, 1.54) is 30.2 Å². The first-order valence-electron chi connectivity index (χ1n) is 5.58. The molecule has 3 rings (SSSR count). The Balaban J connectivity index is 1.96. The summed E-state index contributed by atoms with van der Waals surface area (Å²) in [4.78, 5) is 3.14. The molecule has 2 aromatic rings. The van der Waals surface area contributed by atoms with Gasteiger partial charge in [-0.05, 0) is 36.1 Å². The Labute approximate surface area is 88.3 Å². The van der Waals surface area contributed by atoms with Gasteiger partial charge in [-0.3, -0.25) is 0 Å². The van der Waals surface area contributed by atoms with Crippen LogP contribution in [-0.2, 0) is 6.42 Å². The van der Waals surface area contributed by atoms with Crippen LogP contribution in [0.2, 0.25) is 0 Å². The molecule has 0 saturated heterocycles. The molecular formula is C13H14FN. The van der Waals surface area contributed by atoms with Crippen LogP contribution < -0.4 is 0 Å². The van der Waals surface area contributed by atoms with Crippen molar-refractivity contribution in [1.29, 1.82) is 0 Å². The van der Waals surface area contributed by atoms with Crippen LogP contribution in [0, 0.1) is 11.7 Å². The smallest absolute Gasteiger partial charge is 0.125 e. The van der Waals surface area contributed by atoms with Crippen LogP contribution in [0.3, 0.4) is 0 Å². The molecule has 2 heteroatoms. The molecule has 0 amide bonds. The van der Waals surface area contributed by atoms with Gasteiger partial charge in [-0.25, -0.2) is 4.39 Å². The molecule has 0 aliphatic heterocycles. The molecule has 0 unspecified atom stereocenters. The second-order valence-electron chi connectivity index (χ2n) is 4.50. The molecule has 1 aliphatic carbocycles. The van der Waals surface area contributed by atoms with E-state index in [0.29, 0.717) is 0 Å². The van der Waals surface area contributed by atoms with E-state index in [9.17, 15) is 4.39 Å². The van der Waals surface area contributed by atoms with Crippen LogP contribution in [-0.4, -0.2) is 4.98 Å². The first-order chi connectivity index (χ1) is 7.33. The monoisotopic (exact) mass is 203 g/mol. The summed E-state index contributed by atoms with van der Waals surface area (Å²) in [6.45, 7) is 0. The minimum absolute atomic E-state index is 0.167. The molecule has 1 aromatic carbocycles. The van der Waals surface area contributed by atoms with Gasteiger partial charge in [0.05, 0.1) is 0 Å². The second kappa shape index (κ2) is 3.37. The van der Waals surface area contributed by atoms with Gasteiger partial charge in [0.1, 0.15) is 5.82 Å². The summed E-state index contributed by atoms with van der Waals surface area (Å²) in [7, 11) is 0. The number of rotatable bonds is 2. The zero-order valence-corrected chi connectivity index (χ0v) is 8.59. The lowest BCUT2D eigenvalue weighted by molar-refractivity contribution is 0.315. The molecule has 0 atom stereocenters. The van der Waals surface area contributed by atoms with Gasteiger partial charge in [-0.15, -0.1) is 0 Å². The molecule has 1 heterocycles. The molecule has 1 nitrogen and oxygen atoms in total. The van der Waals surface area contributed by atoms with Crippen molar-refractivity contribution in [3.05, 3.63) is 35.8 Å². The first-order valence-corrected chi connectivity index (χ1v) is 5.58. The maximum absolute atomic E-state index is 13.0. The van der Waals surface area contributed by atoms with Crippen LogP contribution >= 0.6 is 0 Å². The topological polar surface area (TPSA) is 15.8 Å². The minimum atomic E-state index is -0.167. The normalized spacial score (nSPS) is 16.9. The fourth-order valence-electron chi connectivity index (χ4n) is 2.34. The number of halogens is 1. The third kappa shape index (κ3) is 1.54. The Bertz CT molecular complexity index is 482. The van der Waals surface area contributed by atoms with Gasteiger partial charge in [0.15, 0.2) is 0 Å². The van der Waals surface area contributed by atoms with Crippen molar-refractivity contribution in [2.75, 3.05) is 0 Å². The number of hydrogen-bond donors (Lipinski definition) is 1. The second-order valence-corrected chi connectivity index (χ2v) is 4.50. The highest BCUT2D eigenvalue weighted by Crippen LogP contribution is 2.32. The van der Waals surface area contributed by atoms with Gasteiger partial charge in [0.2, 0.25) is 0 Å². The zero-order valence-electron chi connectivity index (χ0n) is 8.59. The van der Waals surface area contributed by atoms with Gasteiger partial charge < -0.3 is 4.98 Å². The van der Waals surface area contributed by atoms with Gasteiger partial charge in [0, 0.05) is 17.1 Å². The summed E-state index contributed by atoms with van der Waals surface area (Å²) in [5.74, 6) is 0.689. The van der Waals surface area contributed by atoms with E-state index in [4.69, 9.17) is 0 Å². The zero-order chi connectivity index (χ0) is 10.3. The van der Waals surface area contributed by atoms with E-state index >= 15 is 0 Å². The van der Waals surface area contributed by atoms with Gasteiger partial charge in [-0.2, -0.15) is 0 Å². The van der Waals surface area contributed by atoms with E-state index in [-0.39, 0.29) is 5.82 Å². The van der Waals surface area contributed by atoms with Crippen LogP contribution in [0.15, 0.2) is 24.4 Å². The average molecular weight is 203 g/mol. The minimum Gasteiger partial charge on any atom is -0.361 e. The van der Waals surface area contributed by atoms with Crippen molar-refractivity contribution in [1.82, 2.24) is 4.98 Å². The Kier molecular flexibility index (Phi) is 2.01. The highest BCUT2D eigenvalue weighted by Gasteiger charge is 2.19. The van der Waals surface area contributed by atoms with Gasteiger partial charge in [0.25, 0.3) is 0 Å². The number of nitrogens with one attached hydrogen (secondary N) is 1. The molecule has 78 valence electrons. The van der Waals surface area contributed by atoms with Crippen LogP contribution in [0.4, 0.5) is 4.39 Å². The van der Waals surface area contributed by atoms with Crippen molar-refractivity contribution < 1.29 is 4.39 Å². The lowest BCUT2D eigenvalue weighted by Crippen LogP contribution is -2.13. The van der Waals surface area contributed by atoms with E-state index in [1.807, 2.05) is 12.3 Å². The highest BCUT2D eigenvalue weighted by atomic mass is 19.1. The van der Waals surface area contributed by atoms with E-state index in [1.54, 1.807) is 12.1 Å². The van der Waals surface area contributed by atoms with Crippen molar-refractivity contribution in [3.8, 4) is 0 Å². The number of fused-ring (bicyclic) bond motifs is 1. The summed E-state index contributed by atoms with van der Waals surface area (Å²) in [5.41, 5.74) is 2.26. The quantitative estimate of drug-likeness (QED) is 0.766. The first kappa shape index (κ1) is 8.96. The van der Waals surface area contributed by atoms with Gasteiger partial charge >= 0.3 is 0 Å². The van der Waals surface area contributed by atoms with Gasteiger partial charge in [-0.1, -0.05) is 19.3 Å². The van der Waals surface area contributed by atoms with E-state index < -0.39 is 0 Å². The average Bonchev–Trinajstić information content (AvgIpc) is 2.54. The summed E-state index contributed by atoms with van der Waals surface area (Å²) >= 11 is 0. The lowest BCUT2D eigenvalue weighted by Gasteiger charge is -2.24. The maximum atomic E-state index is 13.0. The Morgan fingerprint density at radius 2 is 2.20 bits per heavy atom. The van der Waals surface area contributed by atoms with Crippen LogP contribution in [0.1, 0.15) is 24.8 Å². The molecular weight excluding hydrogens is 189 g/mol. The van der Waals surface area contributed by atoms with Crippen molar-refractivity contribution in [3.63, 3.8) is 0 Å². The molecule has 15 heavy (non-hydrogen) atoms. The molecule has 1 aromatic heterocycles. The maximum Gasteiger partial charge on any atom is 0.125 e. The Morgan fingerprint density at radius 3 is 2.93 bits per heavy atom. The summed E-state index contributed by atoms with van der Waals surface area (Å²) in [6, 6.07) is 5.00. The van der Waals surface area contributed by atoms with Crippen molar-refractivity contribution in [2.24, 2.45) is 5.92 Å². The van der Waals surface area contributed by atoms with Crippen LogP contribution in [0.5, 0.6) is 0 Å². The molecule has 0 radical (unpaired) electrons. The lowest BCUT2D eigenvalue weighted by atomic mass is 9.81. The fourth-order valence-corrected chi connectivity index (χ4v) is 2.34. The predicted molar refractivity (Wildman–Crippen MR) is 59.3 cm³/mol. The molecule has 1 aliphatic rings. The molecule has 1 saturated carbocycles. The van der Waals surface area contributed by atoms with Crippen molar-refractivity contribution in [2.45, 2.75) is 25.7 Å². The molecule has 0 bridgehead atoms. The Morgan fingerprint density at radius 1 is 1.33 bits per heavy atom. The third-order valence-electron chi connectivity index (χ3n) is 3.46.